The molecule has 0 radical (unpaired) electrons. The van der Waals surface area contributed by atoms with Gasteiger partial charge in [-0.2, -0.15) is 5.10 Å². The summed E-state index contributed by atoms with van der Waals surface area (Å²) >= 11 is 6.22. The lowest BCUT2D eigenvalue weighted by molar-refractivity contribution is -0.126. The maximum absolute atomic E-state index is 12.9. The second-order valence-corrected chi connectivity index (χ2v) is 8.30. The van der Waals surface area contributed by atoms with Gasteiger partial charge in [-0.15, -0.1) is 0 Å². The van der Waals surface area contributed by atoms with Crippen molar-refractivity contribution in [1.82, 2.24) is 35.4 Å². The number of hydrogen-bond donors (Lipinski definition) is 2. The highest BCUT2D eigenvalue weighted by Crippen LogP contribution is 2.29. The monoisotopic (exact) mass is 505 g/mol. The number of aromatic nitrogens is 5. The van der Waals surface area contributed by atoms with Gasteiger partial charge in [0.1, 0.15) is 5.82 Å². The minimum absolute atomic E-state index is 0.0416. The van der Waals surface area contributed by atoms with E-state index in [0.29, 0.717) is 48.1 Å². The van der Waals surface area contributed by atoms with Gasteiger partial charge < -0.3 is 15.0 Å². The largest absolute Gasteiger partial charge is 0.481 e. The minimum Gasteiger partial charge on any atom is -0.481 e. The maximum Gasteiger partial charge on any atom is 0.274 e. The van der Waals surface area contributed by atoms with Gasteiger partial charge in [-0.25, -0.2) is 23.7 Å². The topological polar surface area (TPSA) is 126 Å². The number of rotatable bonds is 7. The fourth-order valence-corrected chi connectivity index (χ4v) is 3.90. The molecule has 10 nitrogen and oxygen atoms in total. The second-order valence-electron chi connectivity index (χ2n) is 7.89. The van der Waals surface area contributed by atoms with Gasteiger partial charge in [0, 0.05) is 43.0 Å². The zero-order valence-electron chi connectivity index (χ0n) is 18.7. The van der Waals surface area contributed by atoms with Crippen LogP contribution in [0.2, 0.25) is 5.02 Å². The van der Waals surface area contributed by atoms with Crippen LogP contribution in [0.25, 0.3) is 11.3 Å². The summed E-state index contributed by atoms with van der Waals surface area (Å²) in [6, 6.07) is 3.26. The van der Waals surface area contributed by atoms with Gasteiger partial charge in [0.2, 0.25) is 11.8 Å². The highest BCUT2D eigenvalue weighted by Gasteiger charge is 2.29. The second kappa shape index (κ2) is 10.7. The third-order valence-electron chi connectivity index (χ3n) is 5.68. The molecule has 35 heavy (non-hydrogen) atoms. The van der Waals surface area contributed by atoms with E-state index in [2.05, 4.69) is 30.5 Å². The van der Waals surface area contributed by atoms with Gasteiger partial charge >= 0.3 is 0 Å². The number of likely N-dealkylation sites (tertiary alicyclic amines) is 1. The molecule has 4 heterocycles. The lowest BCUT2D eigenvalue weighted by Crippen LogP contribution is -2.43. The predicted octanol–water partition coefficient (Wildman–Crippen LogP) is 3.03. The van der Waals surface area contributed by atoms with Crippen LogP contribution in [0, 0.1) is 5.92 Å². The van der Waals surface area contributed by atoms with Crippen LogP contribution in [0.5, 0.6) is 5.88 Å². The van der Waals surface area contributed by atoms with E-state index in [1.54, 1.807) is 17.0 Å². The Bertz CT molecular complexity index is 1200. The summed E-state index contributed by atoms with van der Waals surface area (Å²) < 4.78 is 30.3. The highest BCUT2D eigenvalue weighted by atomic mass is 35.5. The first-order valence-electron chi connectivity index (χ1n) is 10.8. The molecule has 13 heteroatoms. The average Bonchev–Trinajstić information content (AvgIpc) is 3.37. The molecule has 184 valence electrons. The molecule has 0 spiro atoms. The van der Waals surface area contributed by atoms with Crippen molar-refractivity contribution in [3.63, 3.8) is 0 Å². The third-order valence-corrected chi connectivity index (χ3v) is 5.98. The van der Waals surface area contributed by atoms with Gasteiger partial charge in [0.25, 0.3) is 12.3 Å². The Labute approximate surface area is 204 Å². The van der Waals surface area contributed by atoms with Crippen molar-refractivity contribution in [2.75, 3.05) is 20.2 Å². The Morgan fingerprint density at radius 1 is 1.20 bits per heavy atom. The predicted molar refractivity (Wildman–Crippen MR) is 121 cm³/mol. The SMILES string of the molecule is COc1cc(-c2cc(C(=O)N3CCC(C(=O)NCc4ncc(C(F)F)cn4)CC3)n[nH]2)c(Cl)cn1. The molecule has 0 saturated carbocycles. The smallest absolute Gasteiger partial charge is 0.274 e. The van der Waals surface area contributed by atoms with Crippen molar-refractivity contribution in [1.29, 1.82) is 0 Å². The van der Waals surface area contributed by atoms with E-state index in [1.165, 1.54) is 13.3 Å². The summed E-state index contributed by atoms with van der Waals surface area (Å²) in [6.45, 7) is 0.824. The number of nitrogens with zero attached hydrogens (tertiary/aromatic N) is 5. The Hall–Kier alpha value is -3.67. The normalized spacial score (nSPS) is 14.3. The summed E-state index contributed by atoms with van der Waals surface area (Å²) in [5, 5.41) is 10.1. The number of halogens is 3. The maximum atomic E-state index is 12.9. The van der Waals surface area contributed by atoms with Gasteiger partial charge in [0.15, 0.2) is 5.69 Å². The van der Waals surface area contributed by atoms with Crippen LogP contribution in [0.1, 0.15) is 41.1 Å². The number of aromatic amines is 1. The molecule has 0 aliphatic carbocycles. The number of piperidine rings is 1. The molecule has 0 unspecified atom stereocenters. The fourth-order valence-electron chi connectivity index (χ4n) is 3.69. The van der Waals surface area contributed by atoms with Gasteiger partial charge in [-0.3, -0.25) is 14.7 Å². The minimum atomic E-state index is -2.64. The molecule has 2 N–H and O–H groups in total. The van der Waals surface area contributed by atoms with Gasteiger partial charge in [0.05, 0.1) is 36.1 Å². The number of H-pyrrole nitrogens is 1. The number of pyridine rings is 1. The lowest BCUT2D eigenvalue weighted by Gasteiger charge is -2.30. The van der Waals surface area contributed by atoms with E-state index in [1.807, 2.05) is 0 Å². The van der Waals surface area contributed by atoms with Crippen molar-refractivity contribution < 1.29 is 23.1 Å². The molecule has 1 aliphatic heterocycles. The molecule has 0 aromatic carbocycles. The number of carbonyl (C=O) groups excluding carboxylic acids is 2. The van der Waals surface area contributed by atoms with Gasteiger partial charge in [-0.1, -0.05) is 11.6 Å². The first-order chi connectivity index (χ1) is 16.9. The lowest BCUT2D eigenvalue weighted by atomic mass is 9.95. The number of hydrogen-bond acceptors (Lipinski definition) is 7. The molecule has 1 saturated heterocycles. The standard InChI is InChI=1S/C22H22ClF2N7O3/c1-35-19-6-14(15(23)10-28-19)16-7-17(31-30-16)22(34)32-4-2-12(3-5-32)21(33)29-11-18-26-8-13(9-27-18)20(24)25/h6-10,12,20H,2-5,11H2,1H3,(H,29,33)(H,30,31). The van der Waals surface area contributed by atoms with Crippen LogP contribution in [0.3, 0.4) is 0 Å². The molecule has 0 bridgehead atoms. The number of methoxy groups -OCH3 is 1. The zero-order valence-corrected chi connectivity index (χ0v) is 19.4. The van der Waals surface area contributed by atoms with Crippen LogP contribution >= 0.6 is 11.6 Å². The van der Waals surface area contributed by atoms with Crippen LogP contribution in [0.4, 0.5) is 8.78 Å². The summed E-state index contributed by atoms with van der Waals surface area (Å²) in [6.07, 6.45) is 1.86. The molecule has 1 fully saturated rings. The van der Waals surface area contributed by atoms with Crippen LogP contribution in [0.15, 0.2) is 30.7 Å². The number of nitrogens with one attached hydrogen (secondary N) is 2. The Morgan fingerprint density at radius 2 is 1.91 bits per heavy atom. The molecule has 4 rings (SSSR count). The summed E-state index contributed by atoms with van der Waals surface area (Å²) in [5.74, 6) is -0.101. The first kappa shape index (κ1) is 24.5. The Balaban J connectivity index is 1.30. The molecular formula is C22H22ClF2N7O3. The molecule has 0 atom stereocenters. The molecular weight excluding hydrogens is 484 g/mol. The molecule has 3 aromatic rings. The van der Waals surface area contributed by atoms with E-state index in [9.17, 15) is 18.4 Å². The highest BCUT2D eigenvalue weighted by molar-refractivity contribution is 6.33. The fraction of sp³-hybridized carbons (Fsp3) is 0.364. The van der Waals surface area contributed by atoms with Crippen LogP contribution < -0.4 is 10.1 Å². The Morgan fingerprint density at radius 3 is 2.57 bits per heavy atom. The average molecular weight is 506 g/mol. The number of ether oxygens (including phenoxy) is 1. The van der Waals surface area contributed by atoms with Crippen molar-refractivity contribution >= 4 is 23.4 Å². The van der Waals surface area contributed by atoms with Crippen molar-refractivity contribution in [2.45, 2.75) is 25.8 Å². The van der Waals surface area contributed by atoms with E-state index < -0.39 is 6.43 Å². The van der Waals surface area contributed by atoms with E-state index >= 15 is 0 Å². The van der Waals surface area contributed by atoms with Crippen molar-refractivity contribution in [2.24, 2.45) is 5.92 Å². The van der Waals surface area contributed by atoms with Crippen molar-refractivity contribution in [3.05, 3.63) is 52.8 Å². The quantitative estimate of drug-likeness (QED) is 0.505. The summed E-state index contributed by atoms with van der Waals surface area (Å²) in [4.78, 5) is 38.8. The number of carbonyl (C=O) groups is 2. The summed E-state index contributed by atoms with van der Waals surface area (Å²) in [5.41, 5.74) is 1.12. The number of alkyl halides is 2. The molecule has 3 aromatic heterocycles. The molecule has 2 amide bonds. The van der Waals surface area contributed by atoms with E-state index in [4.69, 9.17) is 16.3 Å². The Kier molecular flexibility index (Phi) is 7.49. The molecule has 1 aliphatic rings. The van der Waals surface area contributed by atoms with E-state index in [0.717, 1.165) is 12.4 Å². The van der Waals surface area contributed by atoms with Crippen molar-refractivity contribution in [3.8, 4) is 17.1 Å². The van der Waals surface area contributed by atoms with Crippen LogP contribution in [-0.2, 0) is 11.3 Å². The zero-order chi connectivity index (χ0) is 24.9. The first-order valence-corrected chi connectivity index (χ1v) is 11.1. The number of amides is 2. The third kappa shape index (κ3) is 5.70. The summed E-state index contributed by atoms with van der Waals surface area (Å²) in [7, 11) is 1.49. The van der Waals surface area contributed by atoms with Crippen LogP contribution in [-0.4, -0.2) is 62.1 Å². The van der Waals surface area contributed by atoms with E-state index in [-0.39, 0.29) is 41.4 Å². The van der Waals surface area contributed by atoms with Gasteiger partial charge in [-0.05, 0) is 18.9 Å².